The zero-order valence-electron chi connectivity index (χ0n) is 29.2. The van der Waals surface area contributed by atoms with Gasteiger partial charge in [0.05, 0.1) is 17.4 Å². The molecule has 4 unspecified atom stereocenters. The molecule has 5 aliphatic rings. The van der Waals surface area contributed by atoms with Crippen molar-refractivity contribution in [2.75, 3.05) is 37.7 Å². The number of piperidine rings is 1. The van der Waals surface area contributed by atoms with Crippen molar-refractivity contribution < 1.29 is 61.2 Å². The standard InChI is InChI=1S/C38H52N4O2.CH3.K/c1-4-10-34(44-25-38-18-8-20-42(38)21-9-19-38)40-36(31-23-29-15-16-32(39-29)37(31)43)30-17-22-41(24-26(30)3)33-14-7-13-28-12-6-11-27(5-2)35(28)33;;/h6-7,10-14,29,31-32,37,39,43H,4-5,8-9,15-25H2,1-3H3;1H3;/q;-1;+1/b34-10-,40-36+;;. The van der Waals surface area contributed by atoms with Gasteiger partial charge in [0, 0.05) is 42.2 Å². The SMILES string of the molecule is CC/C=C(/N=C(\C1=C(C)CN(c2cccc3cccc(CC)c23)CC1)C1CC2CCC(N2)C1O)OCC12CCCN1CCC2.[CH3-].[K+]. The summed E-state index contributed by atoms with van der Waals surface area (Å²) in [6.07, 6.45) is 12.7. The molecule has 6 nitrogen and oxygen atoms in total. The maximum atomic E-state index is 11.7. The van der Waals surface area contributed by atoms with Gasteiger partial charge in [-0.3, -0.25) is 4.90 Å². The number of anilines is 1. The molecule has 244 valence electrons. The summed E-state index contributed by atoms with van der Waals surface area (Å²) in [7, 11) is 0. The number of fused-ring (bicyclic) bond motifs is 4. The minimum atomic E-state index is -0.419. The third kappa shape index (κ3) is 7.00. The Morgan fingerprint density at radius 3 is 2.57 bits per heavy atom. The fourth-order valence-corrected chi connectivity index (χ4v) is 9.21. The van der Waals surface area contributed by atoms with Gasteiger partial charge in [0.15, 0.2) is 0 Å². The smallest absolute Gasteiger partial charge is 0.476 e. The van der Waals surface area contributed by atoms with Crippen molar-refractivity contribution in [1.29, 1.82) is 0 Å². The van der Waals surface area contributed by atoms with E-state index in [1.165, 1.54) is 71.9 Å². The topological polar surface area (TPSA) is 60.3 Å². The second kappa shape index (κ2) is 15.7. The zero-order chi connectivity index (χ0) is 30.3. The van der Waals surface area contributed by atoms with Crippen molar-refractivity contribution in [2.45, 2.75) is 109 Å². The van der Waals surface area contributed by atoms with Gasteiger partial charge in [-0.1, -0.05) is 44.2 Å². The number of hydrogen-bond donors (Lipinski definition) is 2. The van der Waals surface area contributed by atoms with E-state index in [1.54, 1.807) is 0 Å². The number of aliphatic hydroxyl groups is 1. The molecule has 0 radical (unpaired) electrons. The van der Waals surface area contributed by atoms with Crippen LogP contribution in [0, 0.1) is 13.3 Å². The summed E-state index contributed by atoms with van der Waals surface area (Å²) in [6, 6.07) is 14.1. The van der Waals surface area contributed by atoms with Crippen molar-refractivity contribution in [3.63, 3.8) is 0 Å². The van der Waals surface area contributed by atoms with Crippen LogP contribution in [0.2, 0.25) is 0 Å². The first kappa shape index (κ1) is 36.3. The van der Waals surface area contributed by atoms with Crippen molar-refractivity contribution in [2.24, 2.45) is 10.9 Å². The molecule has 46 heavy (non-hydrogen) atoms. The van der Waals surface area contributed by atoms with Gasteiger partial charge < -0.3 is 27.5 Å². The molecule has 2 bridgehead atoms. The summed E-state index contributed by atoms with van der Waals surface area (Å²) in [5, 5.41) is 18.1. The van der Waals surface area contributed by atoms with E-state index in [2.05, 4.69) is 78.4 Å². The first-order valence-corrected chi connectivity index (χ1v) is 17.5. The van der Waals surface area contributed by atoms with Gasteiger partial charge in [-0.2, -0.15) is 0 Å². The third-order valence-electron chi connectivity index (χ3n) is 11.5. The maximum Gasteiger partial charge on any atom is 1.00 e. The molecule has 0 aromatic heterocycles. The first-order chi connectivity index (χ1) is 21.5. The van der Waals surface area contributed by atoms with Gasteiger partial charge in [0.1, 0.15) is 6.61 Å². The van der Waals surface area contributed by atoms with Crippen LogP contribution in [0.3, 0.4) is 0 Å². The van der Waals surface area contributed by atoms with Gasteiger partial charge in [-0.05, 0) is 118 Å². The number of aryl methyl sites for hydroxylation is 1. The van der Waals surface area contributed by atoms with Gasteiger partial charge in [0.25, 0.3) is 0 Å². The first-order valence-electron chi connectivity index (χ1n) is 17.5. The molecule has 2 aromatic rings. The van der Waals surface area contributed by atoms with Crippen molar-refractivity contribution >= 4 is 22.2 Å². The van der Waals surface area contributed by atoms with Crippen molar-refractivity contribution in [3.8, 4) is 0 Å². The Kier molecular flexibility index (Phi) is 12.4. The van der Waals surface area contributed by atoms with Crippen LogP contribution < -0.4 is 61.6 Å². The number of aliphatic imine (C=N–C) groups is 1. The number of benzene rings is 2. The Balaban J connectivity index is 0.00000208. The third-order valence-corrected chi connectivity index (χ3v) is 11.5. The van der Waals surface area contributed by atoms with Gasteiger partial charge in [0.2, 0.25) is 5.88 Å². The minimum absolute atomic E-state index is 0. The van der Waals surface area contributed by atoms with Crippen LogP contribution in [-0.2, 0) is 11.2 Å². The molecule has 0 amide bonds. The fraction of sp³-hybridized carbons (Fsp3) is 0.590. The molecule has 4 atom stereocenters. The predicted octanol–water partition coefficient (Wildman–Crippen LogP) is 4.22. The molecular weight excluding hydrogens is 596 g/mol. The summed E-state index contributed by atoms with van der Waals surface area (Å²) >= 11 is 0. The molecule has 7 rings (SSSR count). The monoisotopic (exact) mass is 650 g/mol. The second-order valence-electron chi connectivity index (χ2n) is 14.1. The average molecular weight is 651 g/mol. The number of rotatable bonds is 9. The molecule has 5 aliphatic heterocycles. The maximum absolute atomic E-state index is 11.7. The van der Waals surface area contributed by atoms with Crippen LogP contribution in [0.15, 0.2) is 64.5 Å². The van der Waals surface area contributed by atoms with Crippen LogP contribution in [0.5, 0.6) is 0 Å². The normalized spacial score (nSPS) is 27.9. The average Bonchev–Trinajstić information content (AvgIpc) is 3.75. The van der Waals surface area contributed by atoms with E-state index in [1.807, 2.05) is 0 Å². The van der Waals surface area contributed by atoms with Crippen LogP contribution in [0.25, 0.3) is 10.8 Å². The van der Waals surface area contributed by atoms with Crippen molar-refractivity contribution in [1.82, 2.24) is 10.2 Å². The summed E-state index contributed by atoms with van der Waals surface area (Å²) in [6.45, 7) is 11.7. The molecular formula is C39H55KN4O2. The van der Waals surface area contributed by atoms with E-state index in [9.17, 15) is 5.11 Å². The molecule has 0 spiro atoms. The summed E-state index contributed by atoms with van der Waals surface area (Å²) in [5.41, 5.74) is 6.73. The van der Waals surface area contributed by atoms with Gasteiger partial charge in [-0.25, -0.2) is 4.99 Å². The number of allylic oxidation sites excluding steroid dienone is 1. The van der Waals surface area contributed by atoms with E-state index < -0.39 is 6.10 Å². The minimum Gasteiger partial charge on any atom is -0.476 e. The molecule has 7 heteroatoms. The van der Waals surface area contributed by atoms with Crippen LogP contribution in [0.4, 0.5) is 5.69 Å². The Bertz CT molecular complexity index is 1450. The van der Waals surface area contributed by atoms with Crippen LogP contribution in [-0.4, -0.2) is 72.2 Å². The molecule has 2 aromatic carbocycles. The Labute approximate surface area is 320 Å². The molecule has 2 N–H and O–H groups in total. The fourth-order valence-electron chi connectivity index (χ4n) is 9.21. The Hall–Kier alpha value is -1.03. The van der Waals surface area contributed by atoms with Crippen LogP contribution >= 0.6 is 0 Å². The molecule has 4 fully saturated rings. The number of ether oxygens (including phenoxy) is 1. The van der Waals surface area contributed by atoms with Crippen LogP contribution in [0.1, 0.15) is 84.1 Å². The van der Waals surface area contributed by atoms with E-state index in [0.29, 0.717) is 6.04 Å². The summed E-state index contributed by atoms with van der Waals surface area (Å²) in [5.74, 6) is 0.795. The van der Waals surface area contributed by atoms with E-state index in [4.69, 9.17) is 9.73 Å². The number of nitrogens with one attached hydrogen (secondary N) is 1. The predicted molar refractivity (Wildman–Crippen MR) is 188 cm³/mol. The molecule has 4 saturated heterocycles. The summed E-state index contributed by atoms with van der Waals surface area (Å²) < 4.78 is 6.69. The Morgan fingerprint density at radius 2 is 1.85 bits per heavy atom. The van der Waals surface area contributed by atoms with Gasteiger partial charge in [-0.15, -0.1) is 0 Å². The number of nitrogens with zero attached hydrogens (tertiary/aromatic N) is 3. The number of hydrogen-bond acceptors (Lipinski definition) is 6. The quantitative estimate of drug-likeness (QED) is 0.184. The second-order valence-corrected chi connectivity index (χ2v) is 14.1. The zero-order valence-corrected chi connectivity index (χ0v) is 32.3. The molecule has 5 heterocycles. The Morgan fingerprint density at radius 1 is 1.09 bits per heavy atom. The van der Waals surface area contributed by atoms with E-state index in [0.717, 1.165) is 69.8 Å². The van der Waals surface area contributed by atoms with Gasteiger partial charge >= 0.3 is 51.4 Å². The molecule has 0 saturated carbocycles. The van der Waals surface area contributed by atoms with E-state index >= 15 is 0 Å². The summed E-state index contributed by atoms with van der Waals surface area (Å²) in [4.78, 5) is 10.7. The largest absolute Gasteiger partial charge is 1.00 e. The van der Waals surface area contributed by atoms with Crippen molar-refractivity contribution in [3.05, 3.63) is 72.5 Å². The molecule has 0 aliphatic carbocycles. The number of aliphatic hydroxyl groups excluding tert-OH is 1. The van der Waals surface area contributed by atoms with E-state index in [-0.39, 0.29) is 76.3 Å².